The average molecular weight is 317 g/mol. The fraction of sp³-hybridized carbons (Fsp3) is 0.556. The molecule has 1 aliphatic heterocycles. The molecule has 5 nitrogen and oxygen atoms in total. The molecule has 1 aromatic rings. The van der Waals surface area contributed by atoms with Crippen molar-refractivity contribution in [3.05, 3.63) is 35.9 Å². The molecule has 1 unspecified atom stereocenters. The lowest BCUT2D eigenvalue weighted by Crippen LogP contribution is -2.51. The van der Waals surface area contributed by atoms with Gasteiger partial charge in [-0.3, -0.25) is 9.59 Å². The van der Waals surface area contributed by atoms with Crippen LogP contribution in [0.25, 0.3) is 0 Å². The van der Waals surface area contributed by atoms with Gasteiger partial charge in [0.1, 0.15) is 0 Å². The number of carbonyl (C=O) groups excluding carboxylic acids is 2. The van der Waals surface area contributed by atoms with E-state index in [4.69, 9.17) is 0 Å². The van der Waals surface area contributed by atoms with Gasteiger partial charge in [0.2, 0.25) is 11.8 Å². The molecule has 2 rings (SSSR count). The van der Waals surface area contributed by atoms with Crippen LogP contribution in [0.2, 0.25) is 0 Å². The molecule has 0 aliphatic carbocycles. The van der Waals surface area contributed by atoms with E-state index < -0.39 is 0 Å². The zero-order valence-electron chi connectivity index (χ0n) is 14.3. The predicted octanol–water partition coefficient (Wildman–Crippen LogP) is 1.63. The lowest BCUT2D eigenvalue weighted by Gasteiger charge is -2.33. The maximum absolute atomic E-state index is 12.5. The van der Waals surface area contributed by atoms with Crippen LogP contribution in [0, 0.1) is 0 Å². The minimum absolute atomic E-state index is 0.0999. The van der Waals surface area contributed by atoms with Gasteiger partial charge in [-0.2, -0.15) is 0 Å². The highest BCUT2D eigenvalue weighted by Crippen LogP contribution is 2.12. The lowest BCUT2D eigenvalue weighted by atomic mass is 10.0. The fourth-order valence-corrected chi connectivity index (χ4v) is 3.05. The van der Waals surface area contributed by atoms with Crippen molar-refractivity contribution in [1.29, 1.82) is 0 Å². The Hall–Kier alpha value is -1.88. The van der Waals surface area contributed by atoms with Gasteiger partial charge in [-0.25, -0.2) is 0 Å². The molecule has 5 heteroatoms. The van der Waals surface area contributed by atoms with Crippen LogP contribution < -0.4 is 5.32 Å². The second-order valence-corrected chi connectivity index (χ2v) is 6.35. The smallest absolute Gasteiger partial charge is 0.239 e. The number of likely N-dealkylation sites (N-methyl/N-ethyl adjacent to an activating group) is 1. The summed E-state index contributed by atoms with van der Waals surface area (Å²) in [4.78, 5) is 27.5. The molecule has 0 spiro atoms. The number of rotatable bonds is 5. The number of hydrogen-bond acceptors (Lipinski definition) is 3. The number of hydrogen-bond donors (Lipinski definition) is 1. The first-order valence-corrected chi connectivity index (χ1v) is 8.28. The van der Waals surface area contributed by atoms with E-state index in [-0.39, 0.29) is 17.9 Å². The van der Waals surface area contributed by atoms with Crippen LogP contribution >= 0.6 is 0 Å². The highest BCUT2D eigenvalue weighted by Gasteiger charge is 2.25. The van der Waals surface area contributed by atoms with E-state index in [1.165, 1.54) is 0 Å². The summed E-state index contributed by atoms with van der Waals surface area (Å²) in [6.07, 6.45) is 1.80. The van der Waals surface area contributed by atoms with Crippen LogP contribution in [0.1, 0.15) is 32.3 Å². The number of nitrogens with one attached hydrogen (secondary N) is 1. The Morgan fingerprint density at radius 1 is 1.26 bits per heavy atom. The van der Waals surface area contributed by atoms with Gasteiger partial charge in [0.15, 0.2) is 0 Å². The van der Waals surface area contributed by atoms with Gasteiger partial charge in [-0.05, 0) is 25.3 Å². The van der Waals surface area contributed by atoms with Crippen molar-refractivity contribution in [2.75, 3.05) is 20.1 Å². The van der Waals surface area contributed by atoms with Gasteiger partial charge >= 0.3 is 0 Å². The largest absolute Gasteiger partial charge is 0.343 e. The van der Waals surface area contributed by atoms with Crippen molar-refractivity contribution < 1.29 is 9.59 Å². The molecular weight excluding hydrogens is 290 g/mol. The predicted molar refractivity (Wildman–Crippen MR) is 90.8 cm³/mol. The van der Waals surface area contributed by atoms with Gasteiger partial charge in [-0.15, -0.1) is 0 Å². The Morgan fingerprint density at radius 2 is 1.87 bits per heavy atom. The molecule has 0 saturated carbocycles. The monoisotopic (exact) mass is 317 g/mol. The van der Waals surface area contributed by atoms with E-state index in [9.17, 15) is 9.59 Å². The normalized spacial score (nSPS) is 16.9. The molecule has 126 valence electrons. The summed E-state index contributed by atoms with van der Waals surface area (Å²) in [5.74, 6) is 0.234. The SMILES string of the molecule is CC(=O)N1CCC(NC(C)C(=O)N(C)Cc2ccccc2)CC1. The summed E-state index contributed by atoms with van der Waals surface area (Å²) < 4.78 is 0. The number of likely N-dealkylation sites (tertiary alicyclic amines) is 1. The van der Waals surface area contributed by atoms with Crippen molar-refractivity contribution >= 4 is 11.8 Å². The van der Waals surface area contributed by atoms with E-state index in [2.05, 4.69) is 5.32 Å². The third-order valence-electron chi connectivity index (χ3n) is 4.44. The molecule has 23 heavy (non-hydrogen) atoms. The van der Waals surface area contributed by atoms with Crippen LogP contribution in [0.5, 0.6) is 0 Å². The molecule has 0 bridgehead atoms. The summed E-state index contributed by atoms with van der Waals surface area (Å²) in [5.41, 5.74) is 1.13. The maximum atomic E-state index is 12.5. The highest BCUT2D eigenvalue weighted by molar-refractivity contribution is 5.81. The van der Waals surface area contributed by atoms with Crippen LogP contribution in [-0.4, -0.2) is 53.8 Å². The first-order valence-electron chi connectivity index (χ1n) is 8.28. The fourth-order valence-electron chi connectivity index (χ4n) is 3.05. The number of piperidine rings is 1. The Labute approximate surface area is 138 Å². The van der Waals surface area contributed by atoms with Crippen molar-refractivity contribution in [3.8, 4) is 0 Å². The summed E-state index contributed by atoms with van der Waals surface area (Å²) in [7, 11) is 1.84. The van der Waals surface area contributed by atoms with Gasteiger partial charge in [-0.1, -0.05) is 30.3 Å². The van der Waals surface area contributed by atoms with E-state index >= 15 is 0 Å². The van der Waals surface area contributed by atoms with Gasteiger partial charge in [0.25, 0.3) is 0 Å². The number of nitrogens with zero attached hydrogens (tertiary/aromatic N) is 2. The minimum Gasteiger partial charge on any atom is -0.343 e. The van der Waals surface area contributed by atoms with E-state index in [0.29, 0.717) is 12.6 Å². The Bertz CT molecular complexity index is 524. The van der Waals surface area contributed by atoms with Crippen LogP contribution in [0.4, 0.5) is 0 Å². The quantitative estimate of drug-likeness (QED) is 0.898. The number of carbonyl (C=O) groups is 2. The molecule has 1 atom stereocenters. The Morgan fingerprint density at radius 3 is 2.43 bits per heavy atom. The summed E-state index contributed by atoms with van der Waals surface area (Å²) in [5, 5.41) is 3.42. The zero-order chi connectivity index (χ0) is 16.8. The molecule has 0 radical (unpaired) electrons. The molecule has 1 heterocycles. The zero-order valence-corrected chi connectivity index (χ0v) is 14.3. The molecule has 0 aromatic heterocycles. The standard InChI is InChI=1S/C18H27N3O2/c1-14(19-17-9-11-21(12-10-17)15(2)22)18(23)20(3)13-16-7-5-4-6-8-16/h4-8,14,17,19H,9-13H2,1-3H3. The van der Waals surface area contributed by atoms with E-state index in [1.807, 2.05) is 49.2 Å². The topological polar surface area (TPSA) is 52.7 Å². The van der Waals surface area contributed by atoms with Crippen LogP contribution in [-0.2, 0) is 16.1 Å². The first kappa shape index (κ1) is 17.5. The lowest BCUT2D eigenvalue weighted by molar-refractivity contribution is -0.133. The van der Waals surface area contributed by atoms with Crippen molar-refractivity contribution in [3.63, 3.8) is 0 Å². The highest BCUT2D eigenvalue weighted by atomic mass is 16.2. The first-order chi connectivity index (χ1) is 11.0. The third kappa shape index (κ3) is 5.06. The second kappa shape index (κ2) is 8.11. The molecule has 1 saturated heterocycles. The summed E-state index contributed by atoms with van der Waals surface area (Å²) in [6, 6.07) is 10.1. The summed E-state index contributed by atoms with van der Waals surface area (Å²) >= 11 is 0. The maximum Gasteiger partial charge on any atom is 0.239 e. The Kier molecular flexibility index (Phi) is 6.16. The van der Waals surface area contributed by atoms with E-state index in [1.54, 1.807) is 11.8 Å². The summed E-state index contributed by atoms with van der Waals surface area (Å²) in [6.45, 7) is 5.69. The molecule has 2 amide bonds. The molecule has 1 aliphatic rings. The van der Waals surface area contributed by atoms with Crippen LogP contribution in [0.3, 0.4) is 0 Å². The number of benzene rings is 1. The van der Waals surface area contributed by atoms with Gasteiger partial charge in [0.05, 0.1) is 6.04 Å². The Balaban J connectivity index is 1.80. The minimum atomic E-state index is -0.211. The van der Waals surface area contributed by atoms with Gasteiger partial charge in [0, 0.05) is 39.6 Å². The molecule has 1 N–H and O–H groups in total. The molecule has 1 aromatic carbocycles. The van der Waals surface area contributed by atoms with Crippen molar-refractivity contribution in [2.24, 2.45) is 0 Å². The molecular formula is C18H27N3O2. The second-order valence-electron chi connectivity index (χ2n) is 6.35. The van der Waals surface area contributed by atoms with E-state index in [0.717, 1.165) is 31.5 Å². The third-order valence-corrected chi connectivity index (χ3v) is 4.44. The van der Waals surface area contributed by atoms with Crippen LogP contribution in [0.15, 0.2) is 30.3 Å². The van der Waals surface area contributed by atoms with Crippen molar-refractivity contribution in [2.45, 2.75) is 45.3 Å². The van der Waals surface area contributed by atoms with Crippen molar-refractivity contribution in [1.82, 2.24) is 15.1 Å². The molecule has 1 fully saturated rings. The number of amides is 2. The van der Waals surface area contributed by atoms with Gasteiger partial charge < -0.3 is 15.1 Å². The average Bonchev–Trinajstić information content (AvgIpc) is 2.55.